The van der Waals surface area contributed by atoms with Gasteiger partial charge in [-0.2, -0.15) is 0 Å². The van der Waals surface area contributed by atoms with Gasteiger partial charge in [0.25, 0.3) is 0 Å². The zero-order chi connectivity index (χ0) is 17.2. The molecule has 10 heteroatoms. The fourth-order valence-corrected chi connectivity index (χ4v) is 3.15. The SMILES string of the molecule is CC(C)CNS(=O)(=O)c1ccc2[nH]c(O)c(N=NC(N)=S)c2c1. The minimum Gasteiger partial charge on any atom is -0.493 e. The molecule has 0 saturated carbocycles. The van der Waals surface area contributed by atoms with Gasteiger partial charge in [0.15, 0.2) is 5.69 Å². The van der Waals surface area contributed by atoms with Crippen molar-refractivity contribution < 1.29 is 13.5 Å². The molecule has 8 nitrogen and oxygen atoms in total. The Hall–Kier alpha value is -2.04. The first-order chi connectivity index (χ1) is 10.7. The van der Waals surface area contributed by atoms with E-state index in [2.05, 4.69) is 32.2 Å². The van der Waals surface area contributed by atoms with Gasteiger partial charge in [-0.15, -0.1) is 10.2 Å². The Morgan fingerprint density at radius 2 is 2.17 bits per heavy atom. The summed E-state index contributed by atoms with van der Waals surface area (Å²) in [5.41, 5.74) is 5.84. The first kappa shape index (κ1) is 17.3. The van der Waals surface area contributed by atoms with Gasteiger partial charge in [-0.1, -0.05) is 13.8 Å². The van der Waals surface area contributed by atoms with E-state index < -0.39 is 10.0 Å². The van der Waals surface area contributed by atoms with Crippen LogP contribution in [0.1, 0.15) is 13.8 Å². The van der Waals surface area contributed by atoms with Gasteiger partial charge >= 0.3 is 0 Å². The van der Waals surface area contributed by atoms with Gasteiger partial charge in [-0.05, 0) is 36.3 Å². The molecule has 0 bridgehead atoms. The molecule has 0 aliphatic carbocycles. The molecule has 1 heterocycles. The van der Waals surface area contributed by atoms with E-state index in [4.69, 9.17) is 5.73 Å². The maximum Gasteiger partial charge on any atom is 0.240 e. The molecule has 2 aromatic rings. The normalized spacial score (nSPS) is 12.5. The molecule has 0 aliphatic heterocycles. The van der Waals surface area contributed by atoms with Gasteiger partial charge in [0, 0.05) is 11.9 Å². The van der Waals surface area contributed by atoms with Crippen molar-refractivity contribution >= 4 is 43.9 Å². The predicted molar refractivity (Wildman–Crippen MR) is 91.3 cm³/mol. The molecule has 0 radical (unpaired) electrons. The first-order valence-corrected chi connectivity index (χ1v) is 8.65. The fraction of sp³-hybridized carbons (Fsp3) is 0.308. The van der Waals surface area contributed by atoms with Crippen LogP contribution >= 0.6 is 12.2 Å². The van der Waals surface area contributed by atoms with Gasteiger partial charge in [0.05, 0.1) is 10.4 Å². The Morgan fingerprint density at radius 3 is 2.78 bits per heavy atom. The van der Waals surface area contributed by atoms with Crippen molar-refractivity contribution in [2.45, 2.75) is 18.7 Å². The van der Waals surface area contributed by atoms with E-state index >= 15 is 0 Å². The van der Waals surface area contributed by atoms with Crippen LogP contribution in [0.2, 0.25) is 0 Å². The molecule has 23 heavy (non-hydrogen) atoms. The molecular weight excluding hydrogens is 338 g/mol. The molecule has 0 unspecified atom stereocenters. The van der Waals surface area contributed by atoms with Crippen LogP contribution in [-0.2, 0) is 10.0 Å². The summed E-state index contributed by atoms with van der Waals surface area (Å²) in [4.78, 5) is 2.75. The van der Waals surface area contributed by atoms with Crippen LogP contribution in [0.25, 0.3) is 10.9 Å². The van der Waals surface area contributed by atoms with E-state index in [9.17, 15) is 13.5 Å². The number of hydrogen-bond acceptors (Lipinski definition) is 5. The van der Waals surface area contributed by atoms with Gasteiger partial charge in [-0.3, -0.25) is 0 Å². The lowest BCUT2D eigenvalue weighted by Gasteiger charge is -2.08. The summed E-state index contributed by atoms with van der Waals surface area (Å²) < 4.78 is 27.1. The molecular formula is C13H17N5O3S2. The number of nitrogens with one attached hydrogen (secondary N) is 2. The summed E-state index contributed by atoms with van der Waals surface area (Å²) in [5, 5.41) is 17.3. The van der Waals surface area contributed by atoms with Crippen LogP contribution in [0.4, 0.5) is 5.69 Å². The van der Waals surface area contributed by atoms with Crippen molar-refractivity contribution in [3.63, 3.8) is 0 Å². The number of nitrogens with zero attached hydrogens (tertiary/aromatic N) is 2. The van der Waals surface area contributed by atoms with Crippen LogP contribution in [0.15, 0.2) is 33.3 Å². The number of rotatable bonds is 5. The van der Waals surface area contributed by atoms with Crippen LogP contribution in [0, 0.1) is 5.92 Å². The number of fused-ring (bicyclic) bond motifs is 1. The van der Waals surface area contributed by atoms with E-state index in [0.717, 1.165) is 0 Å². The van der Waals surface area contributed by atoms with Crippen LogP contribution in [0.5, 0.6) is 5.88 Å². The molecule has 5 N–H and O–H groups in total. The Labute approximate surface area is 138 Å². The minimum atomic E-state index is -3.65. The molecule has 0 spiro atoms. The number of thiocarbonyl (C=S) groups is 1. The maximum absolute atomic E-state index is 12.3. The molecule has 0 saturated heterocycles. The number of H-pyrrole nitrogens is 1. The largest absolute Gasteiger partial charge is 0.493 e. The van der Waals surface area contributed by atoms with E-state index in [0.29, 0.717) is 17.4 Å². The van der Waals surface area contributed by atoms with E-state index in [1.807, 2.05) is 13.8 Å². The molecule has 0 atom stereocenters. The zero-order valence-corrected chi connectivity index (χ0v) is 14.2. The van der Waals surface area contributed by atoms with E-state index in [-0.39, 0.29) is 27.5 Å². The summed E-state index contributed by atoms with van der Waals surface area (Å²) in [6.45, 7) is 4.14. The number of azo groups is 1. The lowest BCUT2D eigenvalue weighted by molar-refractivity contribution is 0.459. The second-order valence-corrected chi connectivity index (χ2v) is 7.50. The number of sulfonamides is 1. The summed E-state index contributed by atoms with van der Waals surface area (Å²) >= 11 is 4.60. The standard InChI is InChI=1S/C13H17N5O3S2/c1-7(2)6-15-23(20,21)8-3-4-10-9(5-8)11(12(19)16-10)17-18-13(14)22/h3-5,7,15-16,19H,6H2,1-2H3,(H2,14,22). The predicted octanol–water partition coefficient (Wildman–Crippen LogP) is 2.14. The van der Waals surface area contributed by atoms with E-state index in [1.165, 1.54) is 12.1 Å². The quantitative estimate of drug-likeness (QED) is 0.482. The molecule has 2 rings (SSSR count). The highest BCUT2D eigenvalue weighted by atomic mass is 32.2. The minimum absolute atomic E-state index is 0.0661. The third-order valence-electron chi connectivity index (χ3n) is 2.96. The lowest BCUT2D eigenvalue weighted by atomic mass is 10.2. The molecule has 1 aromatic heterocycles. The van der Waals surface area contributed by atoms with Crippen molar-refractivity contribution in [3.8, 4) is 5.88 Å². The van der Waals surface area contributed by atoms with Crippen LogP contribution < -0.4 is 10.5 Å². The highest BCUT2D eigenvalue weighted by Gasteiger charge is 2.18. The molecule has 1 aromatic carbocycles. The molecule has 0 aliphatic rings. The zero-order valence-electron chi connectivity index (χ0n) is 12.6. The van der Waals surface area contributed by atoms with Gasteiger partial charge < -0.3 is 15.8 Å². The Balaban J connectivity index is 2.49. The highest BCUT2D eigenvalue weighted by Crippen LogP contribution is 2.36. The third-order valence-corrected chi connectivity index (χ3v) is 4.47. The fourth-order valence-electron chi connectivity index (χ4n) is 1.87. The van der Waals surface area contributed by atoms with Crippen molar-refractivity contribution in [2.24, 2.45) is 21.9 Å². The van der Waals surface area contributed by atoms with Crippen molar-refractivity contribution in [1.29, 1.82) is 0 Å². The number of hydrogen-bond donors (Lipinski definition) is 4. The second kappa shape index (κ2) is 6.60. The highest BCUT2D eigenvalue weighted by molar-refractivity contribution is 7.89. The number of benzene rings is 1. The number of nitrogens with two attached hydrogens (primary N) is 1. The average molecular weight is 355 g/mol. The Morgan fingerprint density at radius 1 is 1.48 bits per heavy atom. The lowest BCUT2D eigenvalue weighted by Crippen LogP contribution is -2.27. The van der Waals surface area contributed by atoms with Gasteiger partial charge in [0.2, 0.25) is 21.0 Å². The second-order valence-electron chi connectivity index (χ2n) is 5.31. The van der Waals surface area contributed by atoms with Gasteiger partial charge in [-0.25, -0.2) is 13.1 Å². The summed E-state index contributed by atoms with van der Waals surface area (Å²) in [6, 6.07) is 4.39. The van der Waals surface area contributed by atoms with Crippen molar-refractivity contribution in [2.75, 3.05) is 6.54 Å². The van der Waals surface area contributed by atoms with Gasteiger partial charge in [0.1, 0.15) is 0 Å². The third kappa shape index (κ3) is 4.03. The van der Waals surface area contributed by atoms with Crippen LogP contribution in [-0.4, -0.2) is 30.2 Å². The number of aromatic hydroxyl groups is 1. The topological polar surface area (TPSA) is 133 Å². The maximum atomic E-state index is 12.3. The van der Waals surface area contributed by atoms with Crippen molar-refractivity contribution in [1.82, 2.24) is 9.71 Å². The summed E-state index contributed by atoms with van der Waals surface area (Å²) in [6.07, 6.45) is 0. The van der Waals surface area contributed by atoms with Crippen molar-refractivity contribution in [3.05, 3.63) is 18.2 Å². The Kier molecular flexibility index (Phi) is 4.97. The summed E-state index contributed by atoms with van der Waals surface area (Å²) in [7, 11) is -3.65. The average Bonchev–Trinajstić information content (AvgIpc) is 2.77. The Bertz CT molecular complexity index is 871. The number of aromatic nitrogens is 1. The van der Waals surface area contributed by atoms with Crippen LogP contribution in [0.3, 0.4) is 0 Å². The first-order valence-electron chi connectivity index (χ1n) is 6.76. The molecule has 0 fully saturated rings. The monoisotopic (exact) mass is 355 g/mol. The number of aromatic amines is 1. The summed E-state index contributed by atoms with van der Waals surface area (Å²) in [5.74, 6) is -0.0653. The molecule has 124 valence electrons. The molecule has 0 amide bonds. The van der Waals surface area contributed by atoms with E-state index in [1.54, 1.807) is 6.07 Å². The smallest absolute Gasteiger partial charge is 0.240 e.